The number of hydrogen-bond acceptors (Lipinski definition) is 2. The summed E-state index contributed by atoms with van der Waals surface area (Å²) in [7, 11) is 0. The molecular weight excluding hydrogens is 244 g/mol. The molecular formula is C9H4F4N2O2. The van der Waals surface area contributed by atoms with E-state index >= 15 is 0 Å². The predicted molar refractivity (Wildman–Crippen MR) is 47.2 cm³/mol. The average Bonchev–Trinajstić information content (AvgIpc) is 2.58. The first kappa shape index (κ1) is 11.4. The van der Waals surface area contributed by atoms with Gasteiger partial charge in [-0.2, -0.15) is 0 Å². The van der Waals surface area contributed by atoms with Gasteiger partial charge >= 0.3 is 6.03 Å². The summed E-state index contributed by atoms with van der Waals surface area (Å²) in [4.78, 5) is 22.3. The van der Waals surface area contributed by atoms with Gasteiger partial charge in [-0.3, -0.25) is 4.79 Å². The van der Waals surface area contributed by atoms with Crippen LogP contribution in [0.15, 0.2) is 6.07 Å². The molecule has 0 spiro atoms. The minimum atomic E-state index is -1.80. The molecule has 3 amide bonds. The highest BCUT2D eigenvalue weighted by Gasteiger charge is 2.36. The molecule has 1 saturated heterocycles. The van der Waals surface area contributed by atoms with Crippen LogP contribution in [0.5, 0.6) is 0 Å². The Balaban J connectivity index is 2.66. The number of hydrogen-bond donors (Lipinski definition) is 1. The molecule has 1 fully saturated rings. The van der Waals surface area contributed by atoms with Gasteiger partial charge in [0.15, 0.2) is 23.3 Å². The van der Waals surface area contributed by atoms with E-state index in [9.17, 15) is 27.2 Å². The maximum atomic E-state index is 13.3. The van der Waals surface area contributed by atoms with Gasteiger partial charge in [-0.05, 0) is 0 Å². The van der Waals surface area contributed by atoms with E-state index in [0.717, 1.165) is 0 Å². The first-order valence-electron chi connectivity index (χ1n) is 4.37. The normalized spacial score (nSPS) is 15.4. The van der Waals surface area contributed by atoms with Crippen molar-refractivity contribution < 1.29 is 27.2 Å². The summed E-state index contributed by atoms with van der Waals surface area (Å²) in [6.45, 7) is -0.490. The van der Waals surface area contributed by atoms with Crippen LogP contribution < -0.4 is 10.2 Å². The maximum absolute atomic E-state index is 13.3. The predicted octanol–water partition coefficient (Wildman–Crippen LogP) is 1.30. The Bertz CT molecular complexity index is 490. The second-order valence-electron chi connectivity index (χ2n) is 3.20. The number of anilines is 1. The van der Waals surface area contributed by atoms with Crippen molar-refractivity contribution >= 4 is 17.6 Å². The average molecular weight is 248 g/mol. The number of amides is 3. The number of nitrogens with zero attached hydrogens (tertiary/aromatic N) is 1. The number of nitrogens with one attached hydrogen (secondary N) is 1. The summed E-state index contributed by atoms with van der Waals surface area (Å²) in [6.07, 6.45) is 0. The van der Waals surface area contributed by atoms with Crippen molar-refractivity contribution in [3.05, 3.63) is 29.3 Å². The van der Waals surface area contributed by atoms with Gasteiger partial charge in [-0.15, -0.1) is 0 Å². The zero-order chi connectivity index (χ0) is 12.7. The molecule has 2 rings (SSSR count). The molecule has 8 heteroatoms. The zero-order valence-electron chi connectivity index (χ0n) is 8.06. The van der Waals surface area contributed by atoms with Gasteiger partial charge in [-0.25, -0.2) is 27.3 Å². The summed E-state index contributed by atoms with van der Waals surface area (Å²) in [5.41, 5.74) is -1.34. The minimum Gasteiger partial charge on any atom is -0.328 e. The van der Waals surface area contributed by atoms with Crippen LogP contribution in [0.2, 0.25) is 0 Å². The Morgan fingerprint density at radius 1 is 1.06 bits per heavy atom. The molecule has 0 aromatic heterocycles. The van der Waals surface area contributed by atoms with E-state index in [1.807, 2.05) is 5.32 Å². The minimum absolute atomic E-state index is 0.00732. The van der Waals surface area contributed by atoms with E-state index < -0.39 is 47.4 Å². The topological polar surface area (TPSA) is 49.4 Å². The van der Waals surface area contributed by atoms with E-state index in [4.69, 9.17) is 0 Å². The standard InChI is InChI=1S/C9H4F4N2O2/c10-3-1-4(11)7(13)8(6(3)12)15-5(16)2-14-9(15)17/h1H,2H2,(H,14,17). The van der Waals surface area contributed by atoms with Crippen molar-refractivity contribution in [1.29, 1.82) is 0 Å². The number of halogens is 4. The Labute approximate surface area is 91.8 Å². The molecule has 0 saturated carbocycles. The third-order valence-electron chi connectivity index (χ3n) is 2.16. The van der Waals surface area contributed by atoms with Crippen LogP contribution in [0, 0.1) is 23.3 Å². The molecule has 0 atom stereocenters. The molecule has 0 radical (unpaired) electrons. The third-order valence-corrected chi connectivity index (χ3v) is 2.16. The van der Waals surface area contributed by atoms with Crippen molar-refractivity contribution in [2.75, 3.05) is 11.4 Å². The zero-order valence-corrected chi connectivity index (χ0v) is 8.06. The summed E-state index contributed by atoms with van der Waals surface area (Å²) in [6, 6.07) is -1.15. The van der Waals surface area contributed by atoms with Crippen molar-refractivity contribution in [3.63, 3.8) is 0 Å². The highest BCUT2D eigenvalue weighted by atomic mass is 19.2. The molecule has 1 aromatic carbocycles. The number of rotatable bonds is 1. The van der Waals surface area contributed by atoms with Gasteiger partial charge in [0.05, 0.1) is 6.54 Å². The number of imide groups is 1. The fourth-order valence-corrected chi connectivity index (χ4v) is 1.41. The van der Waals surface area contributed by atoms with Crippen molar-refractivity contribution in [2.45, 2.75) is 0 Å². The molecule has 0 bridgehead atoms. The summed E-state index contributed by atoms with van der Waals surface area (Å²) >= 11 is 0. The Kier molecular flexibility index (Phi) is 2.49. The number of carbonyl (C=O) groups excluding carboxylic acids is 2. The van der Waals surface area contributed by atoms with Crippen molar-refractivity contribution in [1.82, 2.24) is 5.32 Å². The van der Waals surface area contributed by atoms with Gasteiger partial charge in [0.1, 0.15) is 5.69 Å². The van der Waals surface area contributed by atoms with Gasteiger partial charge in [-0.1, -0.05) is 0 Å². The molecule has 90 valence electrons. The highest BCUT2D eigenvalue weighted by Crippen LogP contribution is 2.29. The van der Waals surface area contributed by atoms with Crippen LogP contribution in [0.1, 0.15) is 0 Å². The lowest BCUT2D eigenvalue weighted by Gasteiger charge is -2.14. The largest absolute Gasteiger partial charge is 0.329 e. The van der Waals surface area contributed by atoms with E-state index in [0.29, 0.717) is 0 Å². The van der Waals surface area contributed by atoms with E-state index in [1.54, 1.807) is 0 Å². The molecule has 0 aliphatic carbocycles. The fourth-order valence-electron chi connectivity index (χ4n) is 1.41. The number of urea groups is 1. The molecule has 1 aliphatic rings. The lowest BCUT2D eigenvalue weighted by atomic mass is 10.2. The van der Waals surface area contributed by atoms with Gasteiger partial charge < -0.3 is 5.32 Å². The monoisotopic (exact) mass is 248 g/mol. The van der Waals surface area contributed by atoms with Gasteiger partial charge in [0, 0.05) is 6.07 Å². The van der Waals surface area contributed by atoms with Gasteiger partial charge in [0.25, 0.3) is 5.91 Å². The molecule has 4 nitrogen and oxygen atoms in total. The Morgan fingerprint density at radius 3 is 2.00 bits per heavy atom. The first-order chi connectivity index (χ1) is 7.93. The molecule has 1 aliphatic heterocycles. The molecule has 0 unspecified atom stereocenters. The number of carbonyl (C=O) groups is 2. The molecule has 1 aromatic rings. The smallest absolute Gasteiger partial charge is 0.328 e. The van der Waals surface area contributed by atoms with Crippen molar-refractivity contribution in [3.8, 4) is 0 Å². The lowest BCUT2D eigenvalue weighted by Crippen LogP contribution is -2.33. The fraction of sp³-hybridized carbons (Fsp3) is 0.111. The summed E-state index contributed by atoms with van der Waals surface area (Å²) in [5.74, 6) is -7.97. The third kappa shape index (κ3) is 1.61. The van der Waals surface area contributed by atoms with E-state index in [1.165, 1.54) is 0 Å². The maximum Gasteiger partial charge on any atom is 0.329 e. The highest BCUT2D eigenvalue weighted by molar-refractivity contribution is 6.19. The van der Waals surface area contributed by atoms with Crippen LogP contribution in [-0.2, 0) is 4.79 Å². The second kappa shape index (κ2) is 3.72. The van der Waals surface area contributed by atoms with Crippen LogP contribution in [0.3, 0.4) is 0 Å². The second-order valence-corrected chi connectivity index (χ2v) is 3.20. The molecule has 17 heavy (non-hydrogen) atoms. The Morgan fingerprint density at radius 2 is 1.59 bits per heavy atom. The van der Waals surface area contributed by atoms with E-state index in [-0.39, 0.29) is 11.0 Å². The van der Waals surface area contributed by atoms with Gasteiger partial charge in [0.2, 0.25) is 0 Å². The van der Waals surface area contributed by atoms with Crippen LogP contribution in [0.25, 0.3) is 0 Å². The molecule has 1 heterocycles. The van der Waals surface area contributed by atoms with Crippen LogP contribution in [0.4, 0.5) is 28.0 Å². The summed E-state index contributed by atoms with van der Waals surface area (Å²) < 4.78 is 52.3. The lowest BCUT2D eigenvalue weighted by molar-refractivity contribution is -0.115. The van der Waals surface area contributed by atoms with Crippen LogP contribution in [-0.4, -0.2) is 18.5 Å². The van der Waals surface area contributed by atoms with E-state index in [2.05, 4.69) is 0 Å². The first-order valence-corrected chi connectivity index (χ1v) is 4.37. The molecule has 1 N–H and O–H groups in total. The number of benzene rings is 1. The Hall–Kier alpha value is -2.12. The van der Waals surface area contributed by atoms with Crippen molar-refractivity contribution in [2.24, 2.45) is 0 Å². The van der Waals surface area contributed by atoms with Crippen LogP contribution >= 0.6 is 0 Å². The summed E-state index contributed by atoms with van der Waals surface area (Å²) in [5, 5.41) is 1.97. The SMILES string of the molecule is O=C1CNC(=O)N1c1c(F)c(F)cc(F)c1F. The quantitative estimate of drug-likeness (QED) is 0.462.